The highest BCUT2D eigenvalue weighted by molar-refractivity contribution is 5.92. The fourth-order valence-corrected chi connectivity index (χ4v) is 3.59. The van der Waals surface area contributed by atoms with Crippen LogP contribution in [-0.4, -0.2) is 16.7 Å². The van der Waals surface area contributed by atoms with Gasteiger partial charge >= 0.3 is 0 Å². The molecule has 1 aliphatic rings. The van der Waals surface area contributed by atoms with Crippen molar-refractivity contribution in [3.05, 3.63) is 30.0 Å². The summed E-state index contributed by atoms with van der Waals surface area (Å²) in [5.74, 6) is 2.72. The van der Waals surface area contributed by atoms with Crippen LogP contribution in [0.1, 0.15) is 44.7 Å². The van der Waals surface area contributed by atoms with Gasteiger partial charge in [0, 0.05) is 17.3 Å². The van der Waals surface area contributed by atoms with Crippen molar-refractivity contribution in [2.75, 3.05) is 11.9 Å². The summed E-state index contributed by atoms with van der Waals surface area (Å²) in [6.45, 7) is 5.40. The zero-order valence-corrected chi connectivity index (χ0v) is 13.1. The molecule has 3 nitrogen and oxygen atoms in total. The van der Waals surface area contributed by atoms with Gasteiger partial charge in [-0.25, -0.2) is 0 Å². The average Bonchev–Trinajstić information content (AvgIpc) is 2.50. The van der Waals surface area contributed by atoms with Crippen molar-refractivity contribution in [2.24, 2.45) is 11.8 Å². The minimum Gasteiger partial charge on any atom is -0.368 e. The van der Waals surface area contributed by atoms with E-state index < -0.39 is 0 Å². The molecule has 2 atom stereocenters. The highest BCUT2D eigenvalue weighted by atomic mass is 15.2. The molecule has 1 saturated carbocycles. The zero-order chi connectivity index (χ0) is 14.7. The van der Waals surface area contributed by atoms with Crippen LogP contribution in [0.4, 0.5) is 5.82 Å². The van der Waals surface area contributed by atoms with Crippen LogP contribution in [0.25, 0.3) is 10.8 Å². The number of hydrogen-bond acceptors (Lipinski definition) is 3. The maximum Gasteiger partial charge on any atom is 0.156 e. The molecule has 1 N–H and O–H groups in total. The third-order valence-corrected chi connectivity index (χ3v) is 4.76. The lowest BCUT2D eigenvalue weighted by Gasteiger charge is -2.26. The van der Waals surface area contributed by atoms with Crippen molar-refractivity contribution < 1.29 is 0 Å². The topological polar surface area (TPSA) is 37.8 Å². The van der Waals surface area contributed by atoms with E-state index in [1.165, 1.54) is 42.9 Å². The first-order valence-electron chi connectivity index (χ1n) is 8.20. The Hall–Kier alpha value is -1.64. The first-order valence-corrected chi connectivity index (χ1v) is 8.20. The van der Waals surface area contributed by atoms with E-state index in [0.717, 1.165) is 29.9 Å². The van der Waals surface area contributed by atoms with E-state index in [2.05, 4.69) is 46.7 Å². The molecule has 1 aliphatic carbocycles. The normalized spacial score (nSPS) is 22.4. The number of nitrogens with one attached hydrogen (secondary N) is 1. The molecule has 0 radical (unpaired) electrons. The molecule has 1 aromatic heterocycles. The summed E-state index contributed by atoms with van der Waals surface area (Å²) in [5.41, 5.74) is 0.997. The lowest BCUT2D eigenvalue weighted by atomic mass is 9.81. The Kier molecular flexibility index (Phi) is 4.37. The third kappa shape index (κ3) is 3.34. The molecule has 3 rings (SSSR count). The summed E-state index contributed by atoms with van der Waals surface area (Å²) in [6.07, 6.45) is 6.85. The van der Waals surface area contributed by atoms with Crippen LogP contribution in [0.3, 0.4) is 0 Å². The maximum atomic E-state index is 4.34. The van der Waals surface area contributed by atoms with E-state index >= 15 is 0 Å². The van der Waals surface area contributed by atoms with Crippen molar-refractivity contribution in [3.63, 3.8) is 0 Å². The summed E-state index contributed by atoms with van der Waals surface area (Å²) in [7, 11) is 0. The average molecular weight is 283 g/mol. The van der Waals surface area contributed by atoms with E-state index in [1.807, 2.05) is 6.92 Å². The van der Waals surface area contributed by atoms with Crippen molar-refractivity contribution in [1.29, 1.82) is 0 Å². The Morgan fingerprint density at radius 1 is 1.14 bits per heavy atom. The molecule has 3 heteroatoms. The van der Waals surface area contributed by atoms with Crippen molar-refractivity contribution >= 4 is 16.6 Å². The lowest BCUT2D eigenvalue weighted by molar-refractivity contribution is 0.274. The second-order valence-electron chi connectivity index (χ2n) is 6.53. The molecule has 0 aliphatic heterocycles. The summed E-state index contributed by atoms with van der Waals surface area (Å²) in [5, 5.41) is 14.5. The van der Waals surface area contributed by atoms with Gasteiger partial charge in [0.25, 0.3) is 0 Å². The Balaban J connectivity index is 1.64. The van der Waals surface area contributed by atoms with Crippen LogP contribution in [-0.2, 0) is 0 Å². The number of rotatable bonds is 4. The van der Waals surface area contributed by atoms with Crippen LogP contribution >= 0.6 is 0 Å². The number of fused-ring (bicyclic) bond motifs is 1. The quantitative estimate of drug-likeness (QED) is 0.893. The predicted molar refractivity (Wildman–Crippen MR) is 88.5 cm³/mol. The molecule has 112 valence electrons. The second-order valence-corrected chi connectivity index (χ2v) is 6.53. The molecular weight excluding hydrogens is 258 g/mol. The Labute approximate surface area is 127 Å². The SMILES string of the molecule is Cc1nnc(NCCC2CCCC(C)C2)c2ccccc12. The highest BCUT2D eigenvalue weighted by Crippen LogP contribution is 2.30. The van der Waals surface area contributed by atoms with Crippen LogP contribution in [0, 0.1) is 18.8 Å². The number of nitrogens with zero attached hydrogens (tertiary/aromatic N) is 2. The standard InChI is InChI=1S/C18H25N3/c1-13-6-5-7-15(12-13)10-11-19-18-17-9-4-3-8-16(17)14(2)20-21-18/h3-4,8-9,13,15H,5-7,10-12H2,1-2H3,(H,19,21). The first-order chi connectivity index (χ1) is 10.2. The fourth-order valence-electron chi connectivity index (χ4n) is 3.59. The zero-order valence-electron chi connectivity index (χ0n) is 13.1. The number of aromatic nitrogens is 2. The molecule has 0 bridgehead atoms. The van der Waals surface area contributed by atoms with E-state index in [4.69, 9.17) is 0 Å². The van der Waals surface area contributed by atoms with Crippen LogP contribution < -0.4 is 5.32 Å². The Bertz CT molecular complexity index is 608. The first kappa shape index (κ1) is 14.3. The minimum absolute atomic E-state index is 0.880. The monoisotopic (exact) mass is 283 g/mol. The summed E-state index contributed by atoms with van der Waals surface area (Å²) in [6, 6.07) is 8.37. The van der Waals surface area contributed by atoms with Crippen molar-refractivity contribution in [3.8, 4) is 0 Å². The Morgan fingerprint density at radius 3 is 2.76 bits per heavy atom. The Morgan fingerprint density at radius 2 is 1.95 bits per heavy atom. The molecule has 2 aromatic rings. The molecule has 0 saturated heterocycles. The maximum absolute atomic E-state index is 4.34. The van der Waals surface area contributed by atoms with Gasteiger partial charge in [-0.2, -0.15) is 5.10 Å². The largest absolute Gasteiger partial charge is 0.368 e. The lowest BCUT2D eigenvalue weighted by Crippen LogP contribution is -2.17. The summed E-state index contributed by atoms with van der Waals surface area (Å²) >= 11 is 0. The van der Waals surface area contributed by atoms with E-state index in [-0.39, 0.29) is 0 Å². The molecule has 1 aromatic carbocycles. The molecule has 21 heavy (non-hydrogen) atoms. The molecule has 1 heterocycles. The van der Waals surface area contributed by atoms with Crippen molar-refractivity contribution in [2.45, 2.75) is 46.0 Å². The molecular formula is C18H25N3. The summed E-state index contributed by atoms with van der Waals surface area (Å²) < 4.78 is 0. The van der Waals surface area contributed by atoms with E-state index in [1.54, 1.807) is 0 Å². The van der Waals surface area contributed by atoms with Gasteiger partial charge in [-0.1, -0.05) is 50.5 Å². The number of benzene rings is 1. The van der Waals surface area contributed by atoms with Gasteiger partial charge in [-0.05, 0) is 31.6 Å². The third-order valence-electron chi connectivity index (χ3n) is 4.76. The van der Waals surface area contributed by atoms with Gasteiger partial charge in [-0.15, -0.1) is 5.10 Å². The van der Waals surface area contributed by atoms with Gasteiger partial charge in [-0.3, -0.25) is 0 Å². The number of hydrogen-bond donors (Lipinski definition) is 1. The molecule has 1 fully saturated rings. The second kappa shape index (κ2) is 6.42. The van der Waals surface area contributed by atoms with Crippen LogP contribution in [0.15, 0.2) is 24.3 Å². The molecule has 0 spiro atoms. The highest BCUT2D eigenvalue weighted by Gasteiger charge is 2.18. The van der Waals surface area contributed by atoms with Gasteiger partial charge in [0.2, 0.25) is 0 Å². The predicted octanol–water partition coefficient (Wildman–Crippen LogP) is 4.57. The molecule has 2 unspecified atom stereocenters. The van der Waals surface area contributed by atoms with Gasteiger partial charge in [0.05, 0.1) is 5.69 Å². The smallest absolute Gasteiger partial charge is 0.156 e. The minimum atomic E-state index is 0.880. The fraction of sp³-hybridized carbons (Fsp3) is 0.556. The van der Waals surface area contributed by atoms with Crippen molar-refractivity contribution in [1.82, 2.24) is 10.2 Å². The van der Waals surface area contributed by atoms with Gasteiger partial charge in [0.1, 0.15) is 0 Å². The van der Waals surface area contributed by atoms with Gasteiger partial charge < -0.3 is 5.32 Å². The number of anilines is 1. The van der Waals surface area contributed by atoms with Crippen LogP contribution in [0.5, 0.6) is 0 Å². The summed E-state index contributed by atoms with van der Waals surface area (Å²) in [4.78, 5) is 0. The van der Waals surface area contributed by atoms with Gasteiger partial charge in [0.15, 0.2) is 5.82 Å². The van der Waals surface area contributed by atoms with E-state index in [9.17, 15) is 0 Å². The van der Waals surface area contributed by atoms with E-state index in [0.29, 0.717) is 0 Å². The molecule has 0 amide bonds. The van der Waals surface area contributed by atoms with Crippen LogP contribution in [0.2, 0.25) is 0 Å². The number of aryl methyl sites for hydroxylation is 1.